The molecule has 0 radical (unpaired) electrons. The van der Waals surface area contributed by atoms with Crippen molar-refractivity contribution in [2.75, 3.05) is 19.1 Å². The van der Waals surface area contributed by atoms with E-state index in [1.165, 1.54) is 0 Å². The van der Waals surface area contributed by atoms with E-state index in [2.05, 4.69) is 0 Å². The van der Waals surface area contributed by atoms with Crippen LogP contribution >= 0.6 is 11.8 Å². The Balaban J connectivity index is 2.85. The van der Waals surface area contributed by atoms with Crippen LogP contribution in [0.4, 0.5) is 0 Å². The van der Waals surface area contributed by atoms with Gasteiger partial charge in [-0.1, -0.05) is 6.07 Å². The summed E-state index contributed by atoms with van der Waals surface area (Å²) in [5.74, 6) is 1.59. The molecule has 0 amide bonds. The van der Waals surface area contributed by atoms with E-state index in [4.69, 9.17) is 4.74 Å². The van der Waals surface area contributed by atoms with Crippen LogP contribution in [0.15, 0.2) is 18.2 Å². The SMILES string of the molecule is COc1ccc(C(O)CSC)cc1C. The molecule has 0 aromatic heterocycles. The zero-order valence-electron chi connectivity index (χ0n) is 8.78. The summed E-state index contributed by atoms with van der Waals surface area (Å²) in [6, 6.07) is 5.78. The summed E-state index contributed by atoms with van der Waals surface area (Å²) in [5.41, 5.74) is 2.02. The van der Waals surface area contributed by atoms with Crippen molar-refractivity contribution in [3.05, 3.63) is 29.3 Å². The minimum atomic E-state index is -0.380. The molecule has 14 heavy (non-hydrogen) atoms. The van der Waals surface area contributed by atoms with Crippen LogP contribution < -0.4 is 4.74 Å². The van der Waals surface area contributed by atoms with Crippen molar-refractivity contribution in [3.63, 3.8) is 0 Å². The monoisotopic (exact) mass is 212 g/mol. The first-order valence-corrected chi connectivity index (χ1v) is 5.90. The van der Waals surface area contributed by atoms with Gasteiger partial charge in [0.15, 0.2) is 0 Å². The van der Waals surface area contributed by atoms with Crippen LogP contribution in [0.2, 0.25) is 0 Å². The summed E-state index contributed by atoms with van der Waals surface area (Å²) >= 11 is 1.64. The van der Waals surface area contributed by atoms with Gasteiger partial charge < -0.3 is 9.84 Å². The maximum absolute atomic E-state index is 9.75. The molecule has 1 unspecified atom stereocenters. The number of ether oxygens (including phenoxy) is 1. The largest absolute Gasteiger partial charge is 0.496 e. The predicted molar refractivity (Wildman–Crippen MR) is 61.1 cm³/mol. The van der Waals surface area contributed by atoms with Crippen molar-refractivity contribution < 1.29 is 9.84 Å². The van der Waals surface area contributed by atoms with Gasteiger partial charge >= 0.3 is 0 Å². The third-order valence-electron chi connectivity index (χ3n) is 2.13. The second-order valence-electron chi connectivity index (χ2n) is 3.20. The molecule has 0 saturated carbocycles. The van der Waals surface area contributed by atoms with E-state index in [1.807, 2.05) is 31.4 Å². The van der Waals surface area contributed by atoms with E-state index in [9.17, 15) is 5.11 Å². The van der Waals surface area contributed by atoms with Gasteiger partial charge in [-0.25, -0.2) is 0 Å². The standard InChI is InChI=1S/C11H16O2S/c1-8-6-9(10(12)7-14-3)4-5-11(8)13-2/h4-6,10,12H,7H2,1-3H3. The highest BCUT2D eigenvalue weighted by Gasteiger charge is 2.08. The van der Waals surface area contributed by atoms with Crippen molar-refractivity contribution in [1.82, 2.24) is 0 Å². The number of aliphatic hydroxyl groups excluding tert-OH is 1. The predicted octanol–water partition coefficient (Wildman–Crippen LogP) is 2.40. The number of methoxy groups -OCH3 is 1. The molecule has 0 aliphatic rings. The van der Waals surface area contributed by atoms with Gasteiger partial charge in [-0.3, -0.25) is 0 Å². The summed E-state index contributed by atoms with van der Waals surface area (Å²) in [4.78, 5) is 0. The lowest BCUT2D eigenvalue weighted by molar-refractivity contribution is 0.204. The Morgan fingerprint density at radius 3 is 2.71 bits per heavy atom. The quantitative estimate of drug-likeness (QED) is 0.831. The number of rotatable bonds is 4. The Morgan fingerprint density at radius 1 is 1.50 bits per heavy atom. The molecule has 0 aliphatic carbocycles. The first-order valence-electron chi connectivity index (χ1n) is 4.50. The van der Waals surface area contributed by atoms with Crippen LogP contribution in [-0.2, 0) is 0 Å². The minimum Gasteiger partial charge on any atom is -0.496 e. The van der Waals surface area contributed by atoms with Gasteiger partial charge in [0.25, 0.3) is 0 Å². The fourth-order valence-corrected chi connectivity index (χ4v) is 1.87. The number of benzene rings is 1. The number of thioether (sulfide) groups is 1. The Kier molecular flexibility index (Phi) is 4.29. The molecule has 0 fully saturated rings. The van der Waals surface area contributed by atoms with E-state index in [1.54, 1.807) is 18.9 Å². The molecule has 1 aromatic carbocycles. The summed E-state index contributed by atoms with van der Waals surface area (Å²) in [5, 5.41) is 9.75. The van der Waals surface area contributed by atoms with Crippen molar-refractivity contribution >= 4 is 11.8 Å². The van der Waals surface area contributed by atoms with Crippen LogP contribution in [0, 0.1) is 6.92 Å². The van der Waals surface area contributed by atoms with E-state index in [-0.39, 0.29) is 6.10 Å². The Labute approximate surface area is 89.3 Å². The van der Waals surface area contributed by atoms with Gasteiger partial charge in [0.05, 0.1) is 13.2 Å². The maximum atomic E-state index is 9.75. The molecular weight excluding hydrogens is 196 g/mol. The molecule has 0 saturated heterocycles. The molecule has 3 heteroatoms. The van der Waals surface area contributed by atoms with Crippen molar-refractivity contribution in [3.8, 4) is 5.75 Å². The van der Waals surface area contributed by atoms with Crippen LogP contribution in [0.1, 0.15) is 17.2 Å². The van der Waals surface area contributed by atoms with Crippen molar-refractivity contribution in [1.29, 1.82) is 0 Å². The van der Waals surface area contributed by atoms with Gasteiger partial charge in [-0.2, -0.15) is 11.8 Å². The topological polar surface area (TPSA) is 29.5 Å². The number of aryl methyl sites for hydroxylation is 1. The number of hydrogen-bond acceptors (Lipinski definition) is 3. The van der Waals surface area contributed by atoms with Gasteiger partial charge in [-0.15, -0.1) is 0 Å². The smallest absolute Gasteiger partial charge is 0.121 e. The highest BCUT2D eigenvalue weighted by Crippen LogP contribution is 2.23. The molecule has 0 aliphatic heterocycles. The second-order valence-corrected chi connectivity index (χ2v) is 4.11. The van der Waals surface area contributed by atoms with Crippen LogP contribution in [-0.4, -0.2) is 24.2 Å². The van der Waals surface area contributed by atoms with Gasteiger partial charge in [0, 0.05) is 5.75 Å². The molecular formula is C11H16O2S. The Hall–Kier alpha value is -0.670. The van der Waals surface area contributed by atoms with Gasteiger partial charge in [-0.05, 0) is 36.4 Å². The maximum Gasteiger partial charge on any atom is 0.121 e. The summed E-state index contributed by atoms with van der Waals surface area (Å²) in [7, 11) is 1.65. The van der Waals surface area contributed by atoms with E-state index >= 15 is 0 Å². The van der Waals surface area contributed by atoms with E-state index in [0.717, 1.165) is 22.6 Å². The molecule has 2 nitrogen and oxygen atoms in total. The molecule has 0 heterocycles. The number of aliphatic hydroxyl groups is 1. The van der Waals surface area contributed by atoms with Gasteiger partial charge in [0.1, 0.15) is 5.75 Å². The van der Waals surface area contributed by atoms with Crippen molar-refractivity contribution in [2.45, 2.75) is 13.0 Å². The average molecular weight is 212 g/mol. The lowest BCUT2D eigenvalue weighted by Crippen LogP contribution is -2.01. The second kappa shape index (κ2) is 5.27. The lowest BCUT2D eigenvalue weighted by Gasteiger charge is -2.11. The fraction of sp³-hybridized carbons (Fsp3) is 0.455. The zero-order valence-corrected chi connectivity index (χ0v) is 9.60. The molecule has 78 valence electrons. The normalized spacial score (nSPS) is 12.6. The third-order valence-corrected chi connectivity index (χ3v) is 2.78. The zero-order chi connectivity index (χ0) is 10.6. The van der Waals surface area contributed by atoms with Crippen molar-refractivity contribution in [2.24, 2.45) is 0 Å². The molecule has 1 N–H and O–H groups in total. The van der Waals surface area contributed by atoms with Crippen LogP contribution in [0.5, 0.6) is 5.75 Å². The summed E-state index contributed by atoms with van der Waals surface area (Å²) in [6.45, 7) is 1.98. The highest BCUT2D eigenvalue weighted by molar-refractivity contribution is 7.98. The molecule has 1 rings (SSSR count). The third kappa shape index (κ3) is 2.66. The van der Waals surface area contributed by atoms with Crippen LogP contribution in [0.25, 0.3) is 0 Å². The van der Waals surface area contributed by atoms with E-state index < -0.39 is 0 Å². The Morgan fingerprint density at radius 2 is 2.21 bits per heavy atom. The minimum absolute atomic E-state index is 0.380. The molecule has 1 aromatic rings. The lowest BCUT2D eigenvalue weighted by atomic mass is 10.1. The molecule has 1 atom stereocenters. The molecule has 0 bridgehead atoms. The first-order chi connectivity index (χ1) is 6.69. The summed E-state index contributed by atoms with van der Waals surface area (Å²) < 4.78 is 5.15. The van der Waals surface area contributed by atoms with Crippen LogP contribution in [0.3, 0.4) is 0 Å². The van der Waals surface area contributed by atoms with Gasteiger partial charge in [0.2, 0.25) is 0 Å². The number of hydrogen-bond donors (Lipinski definition) is 1. The van der Waals surface area contributed by atoms with E-state index in [0.29, 0.717) is 0 Å². The fourth-order valence-electron chi connectivity index (χ4n) is 1.36. The highest BCUT2D eigenvalue weighted by atomic mass is 32.2. The summed E-state index contributed by atoms with van der Waals surface area (Å²) in [6.07, 6.45) is 1.61. The Bertz CT molecular complexity index is 299. The molecule has 0 spiro atoms. The average Bonchev–Trinajstić information content (AvgIpc) is 2.18. The first kappa shape index (κ1) is 11.4.